The summed E-state index contributed by atoms with van der Waals surface area (Å²) in [6.45, 7) is 7.95. The van der Waals surface area contributed by atoms with Gasteiger partial charge in [-0.1, -0.05) is 27.7 Å². The Hall–Kier alpha value is -1.46. The molecule has 0 amide bonds. The van der Waals surface area contributed by atoms with Gasteiger partial charge in [0.2, 0.25) is 0 Å². The molecule has 1 N–H and O–H groups in total. The lowest BCUT2D eigenvalue weighted by molar-refractivity contribution is -0.148. The van der Waals surface area contributed by atoms with E-state index in [4.69, 9.17) is 0 Å². The predicted molar refractivity (Wildman–Crippen MR) is 67.2 cm³/mol. The standard InChI is InChI=1S/C12H22N4O2/c1-5-12(6-2,11(17)18)16-10(13-14-15-16)8-7-9(3)4/h9H,5-8H2,1-4H3,(H,17,18). The lowest BCUT2D eigenvalue weighted by Gasteiger charge is -2.27. The number of rotatable bonds is 7. The summed E-state index contributed by atoms with van der Waals surface area (Å²) in [5.41, 5.74) is -1.02. The van der Waals surface area contributed by atoms with Crippen molar-refractivity contribution in [2.45, 2.75) is 58.9 Å². The van der Waals surface area contributed by atoms with E-state index in [1.807, 2.05) is 13.8 Å². The van der Waals surface area contributed by atoms with Gasteiger partial charge in [-0.25, -0.2) is 9.48 Å². The molecule has 0 bridgehead atoms. The number of aromatic nitrogens is 4. The molecular weight excluding hydrogens is 232 g/mol. The van der Waals surface area contributed by atoms with E-state index in [0.717, 1.165) is 6.42 Å². The summed E-state index contributed by atoms with van der Waals surface area (Å²) in [7, 11) is 0. The van der Waals surface area contributed by atoms with Crippen molar-refractivity contribution in [2.24, 2.45) is 5.92 Å². The summed E-state index contributed by atoms with van der Waals surface area (Å²) >= 11 is 0. The second-order valence-corrected chi connectivity index (χ2v) is 4.98. The average Bonchev–Trinajstić information content (AvgIpc) is 2.77. The Bertz CT molecular complexity index is 397. The topological polar surface area (TPSA) is 80.9 Å². The van der Waals surface area contributed by atoms with Crippen LogP contribution < -0.4 is 0 Å². The molecule has 1 rings (SSSR count). The van der Waals surface area contributed by atoms with Crippen LogP contribution >= 0.6 is 0 Å². The van der Waals surface area contributed by atoms with E-state index in [0.29, 0.717) is 31.0 Å². The molecule has 0 aliphatic heterocycles. The molecule has 0 unspecified atom stereocenters. The van der Waals surface area contributed by atoms with Crippen LogP contribution in [0.1, 0.15) is 52.8 Å². The number of aryl methyl sites for hydroxylation is 1. The van der Waals surface area contributed by atoms with Gasteiger partial charge in [-0.15, -0.1) is 5.10 Å². The molecule has 0 radical (unpaired) electrons. The fourth-order valence-corrected chi connectivity index (χ4v) is 2.05. The molecule has 0 aliphatic rings. The van der Waals surface area contributed by atoms with Gasteiger partial charge >= 0.3 is 5.97 Å². The number of hydrogen-bond donors (Lipinski definition) is 1. The van der Waals surface area contributed by atoms with Gasteiger partial charge in [-0.3, -0.25) is 0 Å². The average molecular weight is 254 g/mol. The maximum absolute atomic E-state index is 11.6. The van der Waals surface area contributed by atoms with Crippen LogP contribution in [0.25, 0.3) is 0 Å². The maximum Gasteiger partial charge on any atom is 0.331 e. The van der Waals surface area contributed by atoms with Gasteiger partial charge in [0.15, 0.2) is 11.4 Å². The smallest absolute Gasteiger partial charge is 0.331 e. The zero-order chi connectivity index (χ0) is 13.8. The third-order valence-electron chi connectivity index (χ3n) is 3.45. The number of tetrazole rings is 1. The van der Waals surface area contributed by atoms with Crippen molar-refractivity contribution in [2.75, 3.05) is 0 Å². The molecule has 0 saturated carbocycles. The van der Waals surface area contributed by atoms with Gasteiger partial charge < -0.3 is 5.11 Å². The molecule has 0 spiro atoms. The minimum Gasteiger partial charge on any atom is -0.479 e. The number of carboxylic acid groups (broad SMARTS) is 1. The van der Waals surface area contributed by atoms with Crippen molar-refractivity contribution >= 4 is 5.97 Å². The lowest BCUT2D eigenvalue weighted by atomic mass is 9.92. The molecule has 1 heterocycles. The molecule has 0 fully saturated rings. The van der Waals surface area contributed by atoms with Crippen LogP contribution in [-0.4, -0.2) is 31.3 Å². The first-order valence-corrected chi connectivity index (χ1v) is 6.49. The highest BCUT2D eigenvalue weighted by molar-refractivity contribution is 5.76. The molecule has 0 saturated heterocycles. The van der Waals surface area contributed by atoms with Gasteiger partial charge in [0.1, 0.15) is 0 Å². The Labute approximate surface area is 107 Å². The van der Waals surface area contributed by atoms with E-state index < -0.39 is 11.5 Å². The van der Waals surface area contributed by atoms with Gasteiger partial charge in [0.05, 0.1) is 0 Å². The van der Waals surface area contributed by atoms with Gasteiger partial charge in [-0.05, 0) is 35.6 Å². The monoisotopic (exact) mass is 254 g/mol. The lowest BCUT2D eigenvalue weighted by Crippen LogP contribution is -2.42. The Balaban J connectivity index is 3.07. The SMILES string of the molecule is CCC(CC)(C(=O)O)n1nnnc1CCC(C)C. The first-order chi connectivity index (χ1) is 8.47. The van der Waals surface area contributed by atoms with E-state index in [1.54, 1.807) is 0 Å². The van der Waals surface area contributed by atoms with E-state index in [1.165, 1.54) is 4.68 Å². The first kappa shape index (κ1) is 14.6. The van der Waals surface area contributed by atoms with E-state index >= 15 is 0 Å². The van der Waals surface area contributed by atoms with Crippen LogP contribution in [0, 0.1) is 5.92 Å². The number of carbonyl (C=O) groups is 1. The number of aliphatic carboxylic acids is 1. The van der Waals surface area contributed by atoms with Gasteiger partial charge in [0.25, 0.3) is 0 Å². The van der Waals surface area contributed by atoms with Crippen LogP contribution in [0.2, 0.25) is 0 Å². The molecule has 6 heteroatoms. The first-order valence-electron chi connectivity index (χ1n) is 6.49. The van der Waals surface area contributed by atoms with Crippen molar-refractivity contribution < 1.29 is 9.90 Å². The fraction of sp³-hybridized carbons (Fsp3) is 0.833. The summed E-state index contributed by atoms with van der Waals surface area (Å²) in [5.74, 6) is 0.332. The zero-order valence-electron chi connectivity index (χ0n) is 11.6. The highest BCUT2D eigenvalue weighted by Gasteiger charge is 2.40. The Kier molecular flexibility index (Phi) is 4.81. The van der Waals surface area contributed by atoms with Crippen molar-refractivity contribution in [3.8, 4) is 0 Å². The van der Waals surface area contributed by atoms with Crippen molar-refractivity contribution in [1.29, 1.82) is 0 Å². The third-order valence-corrected chi connectivity index (χ3v) is 3.45. The van der Waals surface area contributed by atoms with Crippen molar-refractivity contribution in [3.05, 3.63) is 5.82 Å². The summed E-state index contributed by atoms with van der Waals surface area (Å²) in [6, 6.07) is 0. The number of nitrogens with zero attached hydrogens (tertiary/aromatic N) is 4. The summed E-state index contributed by atoms with van der Waals surface area (Å²) in [5, 5.41) is 21.0. The van der Waals surface area contributed by atoms with Gasteiger partial charge in [0, 0.05) is 6.42 Å². The van der Waals surface area contributed by atoms with Gasteiger partial charge in [-0.2, -0.15) is 0 Å². The van der Waals surface area contributed by atoms with E-state index in [-0.39, 0.29) is 0 Å². The van der Waals surface area contributed by atoms with Crippen molar-refractivity contribution in [1.82, 2.24) is 20.2 Å². The normalized spacial score (nSPS) is 12.1. The molecule has 0 aliphatic carbocycles. The fourth-order valence-electron chi connectivity index (χ4n) is 2.05. The third kappa shape index (κ3) is 2.68. The Morgan fingerprint density at radius 3 is 2.44 bits per heavy atom. The molecule has 1 aromatic rings. The predicted octanol–water partition coefficient (Wildman–Crippen LogP) is 1.86. The number of carboxylic acids is 1. The minimum atomic E-state index is -1.02. The molecule has 0 atom stereocenters. The highest BCUT2D eigenvalue weighted by atomic mass is 16.4. The quantitative estimate of drug-likeness (QED) is 0.803. The number of hydrogen-bond acceptors (Lipinski definition) is 4. The summed E-state index contributed by atoms with van der Waals surface area (Å²) in [4.78, 5) is 11.6. The second-order valence-electron chi connectivity index (χ2n) is 4.98. The maximum atomic E-state index is 11.6. The summed E-state index contributed by atoms with van der Waals surface area (Å²) in [6.07, 6.45) is 2.60. The molecule has 102 valence electrons. The van der Waals surface area contributed by atoms with Crippen LogP contribution in [0.3, 0.4) is 0 Å². The van der Waals surface area contributed by atoms with Crippen LogP contribution in [0.4, 0.5) is 0 Å². The molecule has 0 aromatic carbocycles. The molecular formula is C12H22N4O2. The minimum absolute atomic E-state index is 0.471. The van der Waals surface area contributed by atoms with E-state index in [2.05, 4.69) is 29.4 Å². The summed E-state index contributed by atoms with van der Waals surface area (Å²) < 4.78 is 1.50. The van der Waals surface area contributed by atoms with Crippen molar-refractivity contribution in [3.63, 3.8) is 0 Å². The molecule has 1 aromatic heterocycles. The van der Waals surface area contributed by atoms with Crippen LogP contribution in [-0.2, 0) is 16.8 Å². The Morgan fingerprint density at radius 2 is 2.00 bits per heavy atom. The molecule has 18 heavy (non-hydrogen) atoms. The van der Waals surface area contributed by atoms with E-state index in [9.17, 15) is 9.90 Å². The van der Waals surface area contributed by atoms with Crippen LogP contribution in [0.15, 0.2) is 0 Å². The highest BCUT2D eigenvalue weighted by Crippen LogP contribution is 2.26. The Morgan fingerprint density at radius 1 is 1.39 bits per heavy atom. The second kappa shape index (κ2) is 5.93. The van der Waals surface area contributed by atoms with Crippen LogP contribution in [0.5, 0.6) is 0 Å². The molecule has 6 nitrogen and oxygen atoms in total. The zero-order valence-corrected chi connectivity index (χ0v) is 11.6. The largest absolute Gasteiger partial charge is 0.479 e.